The second kappa shape index (κ2) is 8.77. The summed E-state index contributed by atoms with van der Waals surface area (Å²) in [6.45, 7) is 2.12. The molecule has 0 aliphatic heterocycles. The highest BCUT2D eigenvalue weighted by atomic mass is 16.4. The van der Waals surface area contributed by atoms with Crippen molar-refractivity contribution in [3.05, 3.63) is 65.4 Å². The topological polar surface area (TPSA) is 108 Å². The summed E-state index contributed by atoms with van der Waals surface area (Å²) in [5.74, 6) is -1.80. The number of fused-ring (bicyclic) bond motifs is 3. The second-order valence-corrected chi connectivity index (χ2v) is 7.30. The number of rotatable bonds is 4. The number of hydrogen-bond donors (Lipinski definition) is 3. The third-order valence-corrected chi connectivity index (χ3v) is 5.41. The van der Waals surface area contributed by atoms with Gasteiger partial charge in [0.25, 0.3) is 0 Å². The number of aliphatic carboxylic acids is 2. The molecule has 4 rings (SSSR count). The van der Waals surface area contributed by atoms with Crippen molar-refractivity contribution in [3.8, 4) is 0 Å². The number of para-hydroxylation sites is 1. The molecule has 0 saturated heterocycles. The van der Waals surface area contributed by atoms with Gasteiger partial charge in [-0.1, -0.05) is 18.2 Å². The number of H-pyrrole nitrogens is 1. The van der Waals surface area contributed by atoms with E-state index >= 15 is 0 Å². The normalized spacial score (nSPS) is 15.7. The Hall–Kier alpha value is -3.35. The Kier molecular flexibility index (Phi) is 6.16. The summed E-state index contributed by atoms with van der Waals surface area (Å²) in [5, 5.41) is 17.1. The number of nitrogens with one attached hydrogen (secondary N) is 1. The molecule has 0 bridgehead atoms. The van der Waals surface area contributed by atoms with Gasteiger partial charge in [0, 0.05) is 41.5 Å². The van der Waals surface area contributed by atoms with E-state index in [1.807, 2.05) is 6.33 Å². The standard InChI is InChI=1S/C18H21N3.C4H4O4/c1-12-16(20-11-19-12)10-13-7-8-18-15(9-13)14-5-3-4-6-17(14)21(18)2;5-3(6)1-2-4(7)8/h3-6,11,13H,7-10H2,1-2H3,(H,19,20);1-2H,(H,5,6)(H,7,8). The molecule has 29 heavy (non-hydrogen) atoms. The van der Waals surface area contributed by atoms with Gasteiger partial charge in [-0.15, -0.1) is 0 Å². The predicted octanol–water partition coefficient (Wildman–Crippen LogP) is 3.27. The van der Waals surface area contributed by atoms with E-state index in [0.29, 0.717) is 18.1 Å². The van der Waals surface area contributed by atoms with Crippen LogP contribution in [0.1, 0.15) is 29.1 Å². The minimum atomic E-state index is -1.26. The lowest BCUT2D eigenvalue weighted by Crippen LogP contribution is -2.17. The largest absolute Gasteiger partial charge is 0.478 e. The molecule has 2 heterocycles. The van der Waals surface area contributed by atoms with Crippen LogP contribution in [0, 0.1) is 12.8 Å². The van der Waals surface area contributed by atoms with Gasteiger partial charge < -0.3 is 19.8 Å². The molecule has 3 aromatic rings. The monoisotopic (exact) mass is 395 g/mol. The average Bonchev–Trinajstić information content (AvgIpc) is 3.22. The number of carboxylic acid groups (broad SMARTS) is 2. The van der Waals surface area contributed by atoms with Crippen LogP contribution < -0.4 is 0 Å². The van der Waals surface area contributed by atoms with Crippen molar-refractivity contribution in [2.45, 2.75) is 32.6 Å². The summed E-state index contributed by atoms with van der Waals surface area (Å²) in [7, 11) is 2.21. The molecular weight excluding hydrogens is 370 g/mol. The highest BCUT2D eigenvalue weighted by molar-refractivity contribution is 5.89. The average molecular weight is 395 g/mol. The number of nitrogens with zero attached hydrogens (tertiary/aromatic N) is 2. The summed E-state index contributed by atoms with van der Waals surface area (Å²) < 4.78 is 2.39. The Morgan fingerprint density at radius 1 is 1.24 bits per heavy atom. The molecule has 2 aromatic heterocycles. The van der Waals surface area contributed by atoms with E-state index in [9.17, 15) is 9.59 Å². The van der Waals surface area contributed by atoms with Crippen LogP contribution in [0.3, 0.4) is 0 Å². The minimum absolute atomic E-state index is 0.558. The highest BCUT2D eigenvalue weighted by Gasteiger charge is 2.25. The first-order valence-corrected chi connectivity index (χ1v) is 9.54. The predicted molar refractivity (Wildman–Crippen MR) is 110 cm³/mol. The maximum absolute atomic E-state index is 9.55. The Bertz CT molecular complexity index is 1050. The fraction of sp³-hybridized carbons (Fsp3) is 0.318. The van der Waals surface area contributed by atoms with Gasteiger partial charge in [-0.05, 0) is 50.2 Å². The number of aromatic nitrogens is 3. The number of aromatic amines is 1. The quantitative estimate of drug-likeness (QED) is 0.588. The Labute approximate surface area is 168 Å². The molecule has 0 spiro atoms. The number of carboxylic acids is 2. The van der Waals surface area contributed by atoms with E-state index in [1.165, 1.54) is 47.2 Å². The first-order valence-electron chi connectivity index (χ1n) is 9.54. The number of imidazole rings is 1. The van der Waals surface area contributed by atoms with E-state index in [1.54, 1.807) is 5.56 Å². The van der Waals surface area contributed by atoms with Gasteiger partial charge in [-0.3, -0.25) is 0 Å². The van der Waals surface area contributed by atoms with Crippen LogP contribution in [-0.4, -0.2) is 36.7 Å². The van der Waals surface area contributed by atoms with Gasteiger partial charge in [-0.2, -0.15) is 0 Å². The summed E-state index contributed by atoms with van der Waals surface area (Å²) in [4.78, 5) is 26.8. The molecule has 1 atom stereocenters. The zero-order valence-electron chi connectivity index (χ0n) is 16.6. The van der Waals surface area contributed by atoms with Crippen LogP contribution in [-0.2, 0) is 35.9 Å². The van der Waals surface area contributed by atoms with Gasteiger partial charge in [0.1, 0.15) is 0 Å². The molecule has 7 heteroatoms. The van der Waals surface area contributed by atoms with Crippen LogP contribution in [0.5, 0.6) is 0 Å². The van der Waals surface area contributed by atoms with Crippen LogP contribution >= 0.6 is 0 Å². The molecule has 7 nitrogen and oxygen atoms in total. The van der Waals surface area contributed by atoms with Gasteiger partial charge in [0.15, 0.2) is 0 Å². The van der Waals surface area contributed by atoms with Crippen LogP contribution in [0.25, 0.3) is 10.9 Å². The van der Waals surface area contributed by atoms with Crippen molar-refractivity contribution in [2.24, 2.45) is 13.0 Å². The number of aryl methyl sites for hydroxylation is 2. The highest BCUT2D eigenvalue weighted by Crippen LogP contribution is 2.34. The zero-order valence-corrected chi connectivity index (χ0v) is 16.6. The van der Waals surface area contributed by atoms with Gasteiger partial charge >= 0.3 is 11.9 Å². The van der Waals surface area contributed by atoms with Crippen LogP contribution in [0.15, 0.2) is 42.7 Å². The SMILES string of the molecule is Cc1[nH]cnc1CC1CCc2c(c3ccccc3n2C)C1.O=C(O)C=CC(=O)O. The van der Waals surface area contributed by atoms with Crippen molar-refractivity contribution in [2.75, 3.05) is 0 Å². The van der Waals surface area contributed by atoms with Gasteiger partial charge in [-0.25, -0.2) is 14.6 Å². The summed E-state index contributed by atoms with van der Waals surface area (Å²) >= 11 is 0. The number of hydrogen-bond acceptors (Lipinski definition) is 3. The van der Waals surface area contributed by atoms with Gasteiger partial charge in [0.05, 0.1) is 12.0 Å². The van der Waals surface area contributed by atoms with E-state index in [-0.39, 0.29) is 0 Å². The minimum Gasteiger partial charge on any atom is -0.478 e. The zero-order chi connectivity index (χ0) is 21.0. The van der Waals surface area contributed by atoms with E-state index in [2.05, 4.69) is 52.8 Å². The van der Waals surface area contributed by atoms with E-state index in [4.69, 9.17) is 10.2 Å². The lowest BCUT2D eigenvalue weighted by Gasteiger charge is -2.23. The van der Waals surface area contributed by atoms with E-state index in [0.717, 1.165) is 6.42 Å². The summed E-state index contributed by atoms with van der Waals surface area (Å²) in [5.41, 5.74) is 6.94. The first-order chi connectivity index (χ1) is 13.9. The maximum Gasteiger partial charge on any atom is 0.328 e. The molecule has 1 aliphatic carbocycles. The fourth-order valence-corrected chi connectivity index (χ4v) is 3.99. The van der Waals surface area contributed by atoms with Crippen molar-refractivity contribution in [3.63, 3.8) is 0 Å². The second-order valence-electron chi connectivity index (χ2n) is 7.30. The molecule has 0 radical (unpaired) electrons. The van der Waals surface area contributed by atoms with E-state index < -0.39 is 11.9 Å². The summed E-state index contributed by atoms with van der Waals surface area (Å²) in [6.07, 6.45) is 7.67. The molecule has 0 fully saturated rings. The lowest BCUT2D eigenvalue weighted by atomic mass is 9.83. The van der Waals surface area contributed by atoms with Crippen molar-refractivity contribution < 1.29 is 19.8 Å². The van der Waals surface area contributed by atoms with Crippen molar-refractivity contribution in [1.29, 1.82) is 0 Å². The molecule has 152 valence electrons. The fourth-order valence-electron chi connectivity index (χ4n) is 3.99. The number of benzene rings is 1. The summed E-state index contributed by atoms with van der Waals surface area (Å²) in [6, 6.07) is 8.80. The molecule has 0 amide bonds. The Morgan fingerprint density at radius 2 is 1.93 bits per heavy atom. The Morgan fingerprint density at radius 3 is 2.55 bits per heavy atom. The lowest BCUT2D eigenvalue weighted by molar-refractivity contribution is -0.134. The molecule has 3 N–H and O–H groups in total. The van der Waals surface area contributed by atoms with Crippen molar-refractivity contribution >= 4 is 22.8 Å². The molecular formula is C22H25N3O4. The molecule has 0 saturated carbocycles. The third kappa shape index (κ3) is 4.74. The van der Waals surface area contributed by atoms with Crippen LogP contribution in [0.4, 0.5) is 0 Å². The van der Waals surface area contributed by atoms with Crippen LogP contribution in [0.2, 0.25) is 0 Å². The smallest absolute Gasteiger partial charge is 0.328 e. The maximum atomic E-state index is 9.55. The van der Waals surface area contributed by atoms with Crippen molar-refractivity contribution in [1.82, 2.24) is 14.5 Å². The molecule has 1 aliphatic rings. The third-order valence-electron chi connectivity index (χ3n) is 5.41. The molecule has 1 unspecified atom stereocenters. The molecule has 1 aromatic carbocycles. The van der Waals surface area contributed by atoms with Gasteiger partial charge in [0.2, 0.25) is 0 Å². The Balaban J connectivity index is 0.000000258. The first kappa shape index (κ1) is 20.4. The number of carbonyl (C=O) groups is 2.